The first-order valence-corrected chi connectivity index (χ1v) is 7.80. The Labute approximate surface area is 125 Å². The van der Waals surface area contributed by atoms with E-state index in [1.807, 2.05) is 5.38 Å². The lowest BCUT2D eigenvalue weighted by Crippen LogP contribution is -2.31. The summed E-state index contributed by atoms with van der Waals surface area (Å²) in [6, 6.07) is 0.412. The number of aliphatic hydroxyl groups excluding tert-OH is 1. The predicted octanol–water partition coefficient (Wildman–Crippen LogP) is 1.37. The van der Waals surface area contributed by atoms with Gasteiger partial charge in [0.15, 0.2) is 0 Å². The van der Waals surface area contributed by atoms with Crippen LogP contribution in [0.25, 0.3) is 0 Å². The number of likely N-dealkylation sites (N-methyl/N-ethyl adjacent to an activating group) is 1. The molecule has 0 unspecified atom stereocenters. The Balaban J connectivity index is 2.59. The van der Waals surface area contributed by atoms with Gasteiger partial charge < -0.3 is 10.0 Å². The molecule has 1 rings (SSSR count). The molecule has 0 saturated carbocycles. The third-order valence-corrected chi connectivity index (χ3v) is 4.00. The van der Waals surface area contributed by atoms with Crippen LogP contribution in [-0.4, -0.2) is 59.1 Å². The van der Waals surface area contributed by atoms with E-state index in [1.165, 1.54) is 11.3 Å². The van der Waals surface area contributed by atoms with Crippen molar-refractivity contribution in [2.45, 2.75) is 39.3 Å². The van der Waals surface area contributed by atoms with Gasteiger partial charge in [0.1, 0.15) is 5.01 Å². The summed E-state index contributed by atoms with van der Waals surface area (Å²) in [5.41, 5.74) is 1.00. The van der Waals surface area contributed by atoms with Gasteiger partial charge in [-0.05, 0) is 20.3 Å². The molecule has 0 atom stereocenters. The standard InChI is InChI=1S/C14H25N3O2S/c1-11(2)17(6-5-7-18)9-12-10-20-13(15-12)8-14(19)16(3)4/h10-11,18H,5-9H2,1-4H3. The van der Waals surface area contributed by atoms with E-state index in [0.29, 0.717) is 12.5 Å². The first-order valence-electron chi connectivity index (χ1n) is 6.92. The highest BCUT2D eigenvalue weighted by atomic mass is 32.1. The van der Waals surface area contributed by atoms with Crippen molar-refractivity contribution in [2.24, 2.45) is 0 Å². The molecule has 0 saturated heterocycles. The molecule has 1 amide bonds. The predicted molar refractivity (Wildman–Crippen MR) is 81.8 cm³/mol. The normalized spacial score (nSPS) is 11.3. The molecular weight excluding hydrogens is 274 g/mol. The Kier molecular flexibility index (Phi) is 7.12. The van der Waals surface area contributed by atoms with Crippen molar-refractivity contribution in [3.05, 3.63) is 16.1 Å². The van der Waals surface area contributed by atoms with Crippen LogP contribution >= 0.6 is 11.3 Å². The summed E-state index contributed by atoms with van der Waals surface area (Å²) in [5, 5.41) is 11.8. The molecular formula is C14H25N3O2S. The number of aliphatic hydroxyl groups is 1. The van der Waals surface area contributed by atoms with Gasteiger partial charge in [-0.25, -0.2) is 4.98 Å². The summed E-state index contributed by atoms with van der Waals surface area (Å²) in [6.45, 7) is 6.12. The van der Waals surface area contributed by atoms with Crippen LogP contribution in [0.3, 0.4) is 0 Å². The van der Waals surface area contributed by atoms with Gasteiger partial charge in [-0.1, -0.05) is 0 Å². The van der Waals surface area contributed by atoms with Gasteiger partial charge in [-0.2, -0.15) is 0 Å². The minimum absolute atomic E-state index is 0.0758. The molecule has 0 aliphatic rings. The highest BCUT2D eigenvalue weighted by Gasteiger charge is 2.13. The molecule has 0 aliphatic heterocycles. The van der Waals surface area contributed by atoms with Crippen molar-refractivity contribution < 1.29 is 9.90 Å². The van der Waals surface area contributed by atoms with Crippen molar-refractivity contribution in [2.75, 3.05) is 27.2 Å². The lowest BCUT2D eigenvalue weighted by Gasteiger charge is -2.25. The highest BCUT2D eigenvalue weighted by Crippen LogP contribution is 2.14. The first-order chi connectivity index (χ1) is 9.43. The lowest BCUT2D eigenvalue weighted by molar-refractivity contribution is -0.127. The largest absolute Gasteiger partial charge is 0.396 e. The summed E-state index contributed by atoms with van der Waals surface area (Å²) in [4.78, 5) is 20.0. The van der Waals surface area contributed by atoms with Crippen LogP contribution in [0.15, 0.2) is 5.38 Å². The summed E-state index contributed by atoms with van der Waals surface area (Å²) < 4.78 is 0. The number of amides is 1. The Morgan fingerprint density at radius 3 is 2.70 bits per heavy atom. The first kappa shape index (κ1) is 17.1. The van der Waals surface area contributed by atoms with Gasteiger partial charge in [0.2, 0.25) is 5.91 Å². The third-order valence-electron chi connectivity index (χ3n) is 3.10. The number of carbonyl (C=O) groups excluding carboxylic acids is 1. The molecule has 0 bridgehead atoms. The molecule has 1 aromatic rings. The Bertz CT molecular complexity index is 418. The summed E-state index contributed by atoms with van der Waals surface area (Å²) in [5.74, 6) is 0.0758. The third kappa shape index (κ3) is 5.56. The highest BCUT2D eigenvalue weighted by molar-refractivity contribution is 7.09. The molecule has 5 nitrogen and oxygen atoms in total. The van der Waals surface area contributed by atoms with Crippen molar-refractivity contribution in [3.8, 4) is 0 Å². The second-order valence-electron chi connectivity index (χ2n) is 5.34. The second-order valence-corrected chi connectivity index (χ2v) is 6.28. The Morgan fingerprint density at radius 1 is 1.45 bits per heavy atom. The smallest absolute Gasteiger partial charge is 0.228 e. The topological polar surface area (TPSA) is 56.7 Å². The van der Waals surface area contributed by atoms with E-state index in [9.17, 15) is 4.79 Å². The van der Waals surface area contributed by atoms with Crippen molar-refractivity contribution >= 4 is 17.2 Å². The van der Waals surface area contributed by atoms with E-state index in [2.05, 4.69) is 23.7 Å². The number of nitrogens with zero attached hydrogens (tertiary/aromatic N) is 3. The summed E-state index contributed by atoms with van der Waals surface area (Å²) in [7, 11) is 3.51. The molecule has 6 heteroatoms. The van der Waals surface area contributed by atoms with Gasteiger partial charge in [0.25, 0.3) is 0 Å². The molecule has 0 radical (unpaired) electrons. The Morgan fingerprint density at radius 2 is 2.15 bits per heavy atom. The lowest BCUT2D eigenvalue weighted by atomic mass is 10.2. The SMILES string of the molecule is CC(C)N(CCCO)Cc1csc(CC(=O)N(C)C)n1. The monoisotopic (exact) mass is 299 g/mol. The van der Waals surface area contributed by atoms with Crippen LogP contribution < -0.4 is 0 Å². The van der Waals surface area contributed by atoms with E-state index < -0.39 is 0 Å². The minimum atomic E-state index is 0.0758. The summed E-state index contributed by atoms with van der Waals surface area (Å²) >= 11 is 1.54. The molecule has 1 heterocycles. The van der Waals surface area contributed by atoms with Gasteiger partial charge in [0, 0.05) is 45.2 Å². The Hall–Kier alpha value is -0.980. The number of aromatic nitrogens is 1. The average Bonchev–Trinajstić information content (AvgIpc) is 2.81. The average molecular weight is 299 g/mol. The van der Waals surface area contributed by atoms with Crippen molar-refractivity contribution in [3.63, 3.8) is 0 Å². The van der Waals surface area contributed by atoms with Crippen molar-refractivity contribution in [1.82, 2.24) is 14.8 Å². The molecule has 1 N–H and O–H groups in total. The van der Waals surface area contributed by atoms with Crippen LogP contribution in [0.4, 0.5) is 0 Å². The zero-order valence-corrected chi connectivity index (χ0v) is 13.6. The molecule has 0 aliphatic carbocycles. The van der Waals surface area contributed by atoms with Gasteiger partial charge >= 0.3 is 0 Å². The van der Waals surface area contributed by atoms with E-state index in [0.717, 1.165) is 30.2 Å². The number of thiazole rings is 1. The number of hydrogen-bond acceptors (Lipinski definition) is 5. The summed E-state index contributed by atoms with van der Waals surface area (Å²) in [6.07, 6.45) is 1.14. The van der Waals surface area contributed by atoms with Crippen LogP contribution in [-0.2, 0) is 17.8 Å². The molecule has 1 aromatic heterocycles. The number of rotatable bonds is 8. The zero-order chi connectivity index (χ0) is 15.1. The van der Waals surface area contributed by atoms with Crippen LogP contribution in [0.2, 0.25) is 0 Å². The number of hydrogen-bond donors (Lipinski definition) is 1. The van der Waals surface area contributed by atoms with E-state index in [4.69, 9.17) is 5.11 Å². The minimum Gasteiger partial charge on any atom is -0.396 e. The molecule has 114 valence electrons. The molecule has 0 fully saturated rings. The maximum absolute atomic E-state index is 11.6. The maximum Gasteiger partial charge on any atom is 0.228 e. The fourth-order valence-corrected chi connectivity index (χ4v) is 2.57. The fraction of sp³-hybridized carbons (Fsp3) is 0.714. The maximum atomic E-state index is 11.6. The zero-order valence-electron chi connectivity index (χ0n) is 12.8. The van der Waals surface area contributed by atoms with Crippen molar-refractivity contribution in [1.29, 1.82) is 0 Å². The van der Waals surface area contributed by atoms with Crippen LogP contribution in [0, 0.1) is 0 Å². The second kappa shape index (κ2) is 8.34. The van der Waals surface area contributed by atoms with Gasteiger partial charge in [0.05, 0.1) is 12.1 Å². The number of carbonyl (C=O) groups is 1. The van der Waals surface area contributed by atoms with Crippen LogP contribution in [0.1, 0.15) is 31.0 Å². The van der Waals surface area contributed by atoms with Crippen LogP contribution in [0.5, 0.6) is 0 Å². The van der Waals surface area contributed by atoms with E-state index >= 15 is 0 Å². The van der Waals surface area contributed by atoms with Gasteiger partial charge in [-0.15, -0.1) is 11.3 Å². The van der Waals surface area contributed by atoms with E-state index in [1.54, 1.807) is 19.0 Å². The molecule has 0 aromatic carbocycles. The van der Waals surface area contributed by atoms with E-state index in [-0.39, 0.29) is 12.5 Å². The van der Waals surface area contributed by atoms with Gasteiger partial charge in [-0.3, -0.25) is 9.69 Å². The molecule has 0 spiro atoms. The quantitative estimate of drug-likeness (QED) is 0.787. The fourth-order valence-electron chi connectivity index (χ4n) is 1.79. The molecule has 20 heavy (non-hydrogen) atoms.